The van der Waals surface area contributed by atoms with Gasteiger partial charge in [-0.3, -0.25) is 4.79 Å². The molecule has 3 aromatic carbocycles. The second kappa shape index (κ2) is 9.79. The van der Waals surface area contributed by atoms with E-state index in [0.29, 0.717) is 17.7 Å². The van der Waals surface area contributed by atoms with E-state index in [0.717, 1.165) is 46.4 Å². The molecule has 5 rings (SSSR count). The van der Waals surface area contributed by atoms with Crippen molar-refractivity contribution in [2.45, 2.75) is 17.9 Å². The van der Waals surface area contributed by atoms with Crippen molar-refractivity contribution in [3.63, 3.8) is 0 Å². The van der Waals surface area contributed by atoms with Crippen LogP contribution in [0.5, 0.6) is 0 Å². The smallest absolute Gasteiger partial charge is 0.324 e. The maximum atomic E-state index is 13.0. The maximum Gasteiger partial charge on any atom is 0.416 e. The molecule has 11 heteroatoms. The van der Waals surface area contributed by atoms with Crippen LogP contribution in [-0.2, 0) is 17.5 Å². The fourth-order valence-electron chi connectivity index (χ4n) is 3.79. The molecule has 0 bridgehead atoms. The van der Waals surface area contributed by atoms with Gasteiger partial charge in [-0.15, -0.1) is 10.2 Å². The molecule has 0 radical (unpaired) electrons. The van der Waals surface area contributed by atoms with Crippen LogP contribution >= 0.6 is 23.4 Å². The number of hydrogen-bond donors (Lipinski definition) is 1. The van der Waals surface area contributed by atoms with Crippen LogP contribution in [-0.4, -0.2) is 31.4 Å². The molecule has 0 saturated heterocycles. The molecule has 0 atom stereocenters. The summed E-state index contributed by atoms with van der Waals surface area (Å²) in [4.78, 5) is 17.1. The lowest BCUT2D eigenvalue weighted by atomic mass is 10.2. The van der Waals surface area contributed by atoms with E-state index in [4.69, 9.17) is 11.6 Å². The fourth-order valence-corrected chi connectivity index (χ4v) is 4.54. The number of nitrogens with zero attached hydrogens (tertiary/aromatic N) is 4. The van der Waals surface area contributed by atoms with Gasteiger partial charge in [0.05, 0.1) is 27.5 Å². The van der Waals surface area contributed by atoms with Crippen LogP contribution in [0, 0.1) is 0 Å². The number of carbonyl (C=O) groups excluding carboxylic acids is 1. The van der Waals surface area contributed by atoms with Gasteiger partial charge in [-0.25, -0.2) is 4.98 Å². The Morgan fingerprint density at radius 1 is 1.00 bits per heavy atom. The first-order valence-electron chi connectivity index (χ1n) is 10.7. The standard InChI is InChI=1S/C25H17ClF3N5OS/c26-18-11-10-16(25(27,28)29)12-19(18)30-21(35)14-36-24-31-23-22(32-33-24)17-8-4-5-9-20(17)34(23)13-15-6-2-1-3-7-15/h1-12H,13-14H2,(H,30,35). The molecule has 2 aromatic heterocycles. The van der Waals surface area contributed by atoms with Crippen LogP contribution in [0.15, 0.2) is 78.0 Å². The number of nitrogens with one attached hydrogen (secondary N) is 1. The number of anilines is 1. The van der Waals surface area contributed by atoms with Gasteiger partial charge in [0.2, 0.25) is 11.1 Å². The first-order chi connectivity index (χ1) is 17.3. The number of carbonyl (C=O) groups is 1. The van der Waals surface area contributed by atoms with E-state index in [1.165, 1.54) is 0 Å². The second-order valence-electron chi connectivity index (χ2n) is 7.88. The van der Waals surface area contributed by atoms with E-state index in [1.54, 1.807) is 0 Å². The number of aromatic nitrogens is 4. The summed E-state index contributed by atoms with van der Waals surface area (Å²) in [5.74, 6) is -0.687. The monoisotopic (exact) mass is 527 g/mol. The van der Waals surface area contributed by atoms with Gasteiger partial charge in [0.15, 0.2) is 5.65 Å². The normalized spacial score (nSPS) is 11.8. The molecule has 0 aliphatic heterocycles. The van der Waals surface area contributed by atoms with Gasteiger partial charge >= 0.3 is 6.18 Å². The van der Waals surface area contributed by atoms with Crippen molar-refractivity contribution >= 4 is 57.0 Å². The summed E-state index contributed by atoms with van der Waals surface area (Å²) in [7, 11) is 0. The summed E-state index contributed by atoms with van der Waals surface area (Å²) in [5.41, 5.74) is 2.29. The number of rotatable bonds is 6. The molecule has 2 heterocycles. The predicted octanol–water partition coefficient (Wildman–Crippen LogP) is 6.43. The van der Waals surface area contributed by atoms with E-state index in [9.17, 15) is 18.0 Å². The highest BCUT2D eigenvalue weighted by Gasteiger charge is 2.31. The highest BCUT2D eigenvalue weighted by molar-refractivity contribution is 7.99. The zero-order valence-electron chi connectivity index (χ0n) is 18.5. The van der Waals surface area contributed by atoms with Crippen molar-refractivity contribution in [3.05, 3.63) is 88.9 Å². The Balaban J connectivity index is 1.38. The first kappa shape index (κ1) is 24.1. The van der Waals surface area contributed by atoms with E-state index in [1.807, 2.05) is 59.2 Å². The maximum absolute atomic E-state index is 13.0. The topological polar surface area (TPSA) is 72.7 Å². The molecule has 36 heavy (non-hydrogen) atoms. The van der Waals surface area contributed by atoms with Gasteiger partial charge in [0, 0.05) is 11.9 Å². The van der Waals surface area contributed by atoms with Crippen molar-refractivity contribution in [2.75, 3.05) is 11.1 Å². The molecular formula is C25H17ClF3N5OS. The lowest BCUT2D eigenvalue weighted by molar-refractivity contribution is -0.137. The Morgan fingerprint density at radius 3 is 2.53 bits per heavy atom. The van der Waals surface area contributed by atoms with Gasteiger partial charge in [-0.2, -0.15) is 13.2 Å². The molecule has 0 aliphatic carbocycles. The molecule has 1 amide bonds. The zero-order chi connectivity index (χ0) is 25.3. The molecule has 182 valence electrons. The summed E-state index contributed by atoms with van der Waals surface area (Å²) >= 11 is 7.00. The van der Waals surface area contributed by atoms with Crippen molar-refractivity contribution in [1.82, 2.24) is 19.7 Å². The number of thioether (sulfide) groups is 1. The fraction of sp³-hybridized carbons (Fsp3) is 0.120. The average Bonchev–Trinajstić information content (AvgIpc) is 3.17. The minimum atomic E-state index is -4.55. The summed E-state index contributed by atoms with van der Waals surface area (Å²) in [6.07, 6.45) is -4.55. The summed E-state index contributed by atoms with van der Waals surface area (Å²) < 4.78 is 41.0. The van der Waals surface area contributed by atoms with Crippen LogP contribution < -0.4 is 5.32 Å². The Bertz CT molecular complexity index is 1570. The summed E-state index contributed by atoms with van der Waals surface area (Å²) in [6.45, 7) is 0.572. The molecule has 0 aliphatic rings. The number of para-hydroxylation sites is 1. The highest BCUT2D eigenvalue weighted by atomic mass is 35.5. The molecule has 1 N–H and O–H groups in total. The Labute approximate surface area is 212 Å². The molecule has 0 saturated carbocycles. The van der Waals surface area contributed by atoms with Crippen LogP contribution in [0.1, 0.15) is 11.1 Å². The minimum absolute atomic E-state index is 0.00566. The number of alkyl halides is 3. The Morgan fingerprint density at radius 2 is 1.75 bits per heavy atom. The molecule has 0 spiro atoms. The van der Waals surface area contributed by atoms with Crippen molar-refractivity contribution in [3.8, 4) is 0 Å². The molecule has 0 unspecified atom stereocenters. The van der Waals surface area contributed by atoms with E-state index < -0.39 is 17.6 Å². The van der Waals surface area contributed by atoms with Crippen molar-refractivity contribution in [2.24, 2.45) is 0 Å². The van der Waals surface area contributed by atoms with Gasteiger partial charge in [-0.05, 0) is 29.8 Å². The summed E-state index contributed by atoms with van der Waals surface area (Å²) in [6, 6.07) is 20.5. The molecule has 6 nitrogen and oxygen atoms in total. The Kier molecular flexibility index (Phi) is 6.55. The number of benzene rings is 3. The minimum Gasteiger partial charge on any atom is -0.324 e. The van der Waals surface area contributed by atoms with E-state index >= 15 is 0 Å². The zero-order valence-corrected chi connectivity index (χ0v) is 20.0. The lowest BCUT2D eigenvalue weighted by Gasteiger charge is -2.11. The molecule has 5 aromatic rings. The predicted molar refractivity (Wildman–Crippen MR) is 134 cm³/mol. The summed E-state index contributed by atoms with van der Waals surface area (Å²) in [5, 5.41) is 12.1. The third-order valence-electron chi connectivity index (χ3n) is 5.44. The lowest BCUT2D eigenvalue weighted by Crippen LogP contribution is -2.16. The van der Waals surface area contributed by atoms with Crippen LogP contribution in [0.4, 0.5) is 18.9 Å². The second-order valence-corrected chi connectivity index (χ2v) is 9.23. The third kappa shape index (κ3) is 5.00. The van der Waals surface area contributed by atoms with Gasteiger partial charge in [0.1, 0.15) is 5.52 Å². The molecular weight excluding hydrogens is 511 g/mol. The van der Waals surface area contributed by atoms with Crippen LogP contribution in [0.3, 0.4) is 0 Å². The number of amides is 1. The average molecular weight is 528 g/mol. The number of fused-ring (bicyclic) bond motifs is 3. The van der Waals surface area contributed by atoms with E-state index in [-0.39, 0.29) is 21.6 Å². The van der Waals surface area contributed by atoms with Crippen LogP contribution in [0.25, 0.3) is 22.1 Å². The third-order valence-corrected chi connectivity index (χ3v) is 6.61. The SMILES string of the molecule is O=C(CSc1nnc2c3ccccc3n(Cc3ccccc3)c2n1)Nc1cc(C(F)(F)F)ccc1Cl. The van der Waals surface area contributed by atoms with Gasteiger partial charge in [0.25, 0.3) is 0 Å². The first-order valence-corrected chi connectivity index (χ1v) is 12.1. The highest BCUT2D eigenvalue weighted by Crippen LogP contribution is 2.34. The largest absolute Gasteiger partial charge is 0.416 e. The quantitative estimate of drug-likeness (QED) is 0.258. The van der Waals surface area contributed by atoms with Crippen molar-refractivity contribution < 1.29 is 18.0 Å². The molecule has 0 fully saturated rings. The van der Waals surface area contributed by atoms with Crippen molar-refractivity contribution in [1.29, 1.82) is 0 Å². The number of hydrogen-bond acceptors (Lipinski definition) is 5. The number of halogens is 4. The Hall–Kier alpha value is -3.63. The van der Waals surface area contributed by atoms with E-state index in [2.05, 4.69) is 20.5 Å². The van der Waals surface area contributed by atoms with Crippen LogP contribution in [0.2, 0.25) is 5.02 Å². The van der Waals surface area contributed by atoms with Gasteiger partial charge < -0.3 is 9.88 Å². The van der Waals surface area contributed by atoms with Gasteiger partial charge in [-0.1, -0.05) is 71.9 Å².